The summed E-state index contributed by atoms with van der Waals surface area (Å²) in [6.45, 7) is 5.86. The average molecular weight is 295 g/mol. The zero-order valence-corrected chi connectivity index (χ0v) is 11.7. The van der Waals surface area contributed by atoms with Gasteiger partial charge in [-0.2, -0.15) is 0 Å². The van der Waals surface area contributed by atoms with Crippen LogP contribution in [0.4, 0.5) is 0 Å². The Bertz CT molecular complexity index is 519. The van der Waals surface area contributed by atoms with Crippen molar-refractivity contribution in [2.75, 3.05) is 0 Å². The summed E-state index contributed by atoms with van der Waals surface area (Å²) in [6, 6.07) is 6.09. The van der Waals surface area contributed by atoms with Gasteiger partial charge in [-0.15, -0.1) is 5.10 Å². The van der Waals surface area contributed by atoms with Gasteiger partial charge >= 0.3 is 0 Å². The Labute approximate surface area is 109 Å². The van der Waals surface area contributed by atoms with E-state index >= 15 is 0 Å². The van der Waals surface area contributed by atoms with E-state index in [1.165, 1.54) is 5.56 Å². The number of aromatic nitrogens is 3. The van der Waals surface area contributed by atoms with Crippen LogP contribution in [0.25, 0.3) is 5.69 Å². The number of rotatable bonds is 2. The maximum Gasteiger partial charge on any atom is 0.102 e. The van der Waals surface area contributed by atoms with Crippen molar-refractivity contribution in [1.82, 2.24) is 15.0 Å². The minimum atomic E-state index is -0.473. The summed E-state index contributed by atoms with van der Waals surface area (Å²) in [5.41, 5.74) is 8.42. The normalized spacial score (nSPS) is 11.8. The average Bonchev–Trinajstić information content (AvgIpc) is 2.63. The van der Waals surface area contributed by atoms with Gasteiger partial charge in [0.1, 0.15) is 5.69 Å². The molecule has 2 N–H and O–H groups in total. The van der Waals surface area contributed by atoms with E-state index in [9.17, 15) is 0 Å². The van der Waals surface area contributed by atoms with Crippen LogP contribution in [0.15, 0.2) is 28.9 Å². The fourth-order valence-corrected chi connectivity index (χ4v) is 2.13. The number of benzene rings is 1. The Kier molecular flexibility index (Phi) is 3.05. The van der Waals surface area contributed by atoms with Gasteiger partial charge in [0.15, 0.2) is 0 Å². The Morgan fingerprint density at radius 2 is 2.00 bits per heavy atom. The van der Waals surface area contributed by atoms with E-state index in [0.29, 0.717) is 0 Å². The molecule has 2 rings (SSSR count). The first-order valence-electron chi connectivity index (χ1n) is 5.35. The molecule has 0 aliphatic carbocycles. The van der Waals surface area contributed by atoms with Gasteiger partial charge in [0.05, 0.1) is 17.4 Å². The van der Waals surface area contributed by atoms with E-state index in [1.54, 1.807) is 4.68 Å². The first-order chi connectivity index (χ1) is 7.86. The largest absolute Gasteiger partial charge is 0.320 e. The van der Waals surface area contributed by atoms with Gasteiger partial charge in [0.2, 0.25) is 0 Å². The smallest absolute Gasteiger partial charge is 0.102 e. The summed E-state index contributed by atoms with van der Waals surface area (Å²) < 4.78 is 2.76. The molecule has 0 amide bonds. The zero-order chi connectivity index (χ0) is 12.6. The molecule has 1 heterocycles. The van der Waals surface area contributed by atoms with E-state index in [1.807, 2.05) is 45.2 Å². The summed E-state index contributed by atoms with van der Waals surface area (Å²) in [7, 11) is 0. The SMILES string of the molecule is Cc1cc(Br)cc(-n2cc(C(C)(C)N)nn2)c1. The van der Waals surface area contributed by atoms with Gasteiger partial charge in [0.25, 0.3) is 0 Å². The van der Waals surface area contributed by atoms with Crippen LogP contribution in [-0.2, 0) is 5.54 Å². The Morgan fingerprint density at radius 1 is 1.29 bits per heavy atom. The van der Waals surface area contributed by atoms with E-state index in [0.717, 1.165) is 15.9 Å². The molecule has 1 aromatic carbocycles. The molecule has 0 saturated heterocycles. The number of nitrogens with zero attached hydrogens (tertiary/aromatic N) is 3. The first kappa shape index (κ1) is 12.3. The molecule has 0 fully saturated rings. The summed E-state index contributed by atoms with van der Waals surface area (Å²) in [5.74, 6) is 0. The molecule has 1 aromatic heterocycles. The van der Waals surface area contributed by atoms with E-state index < -0.39 is 5.54 Å². The second-order valence-corrected chi connectivity index (χ2v) is 5.67. The van der Waals surface area contributed by atoms with Crippen LogP contribution in [0, 0.1) is 6.92 Å². The zero-order valence-electron chi connectivity index (χ0n) is 10.1. The molecule has 0 aliphatic rings. The molecular weight excluding hydrogens is 280 g/mol. The number of nitrogens with two attached hydrogens (primary N) is 1. The number of aryl methyl sites for hydroxylation is 1. The topological polar surface area (TPSA) is 56.7 Å². The quantitative estimate of drug-likeness (QED) is 0.926. The van der Waals surface area contributed by atoms with Crippen molar-refractivity contribution in [3.05, 3.63) is 40.1 Å². The van der Waals surface area contributed by atoms with Crippen molar-refractivity contribution in [2.24, 2.45) is 5.73 Å². The van der Waals surface area contributed by atoms with Gasteiger partial charge in [-0.05, 0) is 44.5 Å². The lowest BCUT2D eigenvalue weighted by Gasteiger charge is -2.13. The van der Waals surface area contributed by atoms with Gasteiger partial charge in [-0.1, -0.05) is 21.1 Å². The van der Waals surface area contributed by atoms with Crippen molar-refractivity contribution >= 4 is 15.9 Å². The molecule has 5 heteroatoms. The lowest BCUT2D eigenvalue weighted by atomic mass is 10.0. The van der Waals surface area contributed by atoms with E-state index in [2.05, 4.69) is 26.2 Å². The van der Waals surface area contributed by atoms with E-state index in [-0.39, 0.29) is 0 Å². The van der Waals surface area contributed by atoms with Crippen molar-refractivity contribution < 1.29 is 0 Å². The third-order valence-electron chi connectivity index (χ3n) is 2.44. The molecule has 90 valence electrons. The molecule has 2 aromatic rings. The fourth-order valence-electron chi connectivity index (χ4n) is 1.53. The minimum absolute atomic E-state index is 0.473. The van der Waals surface area contributed by atoms with Gasteiger partial charge < -0.3 is 5.73 Å². The second-order valence-electron chi connectivity index (χ2n) is 4.76. The highest BCUT2D eigenvalue weighted by molar-refractivity contribution is 9.10. The van der Waals surface area contributed by atoms with Crippen molar-refractivity contribution in [1.29, 1.82) is 0 Å². The fraction of sp³-hybridized carbons (Fsp3) is 0.333. The number of hydrogen-bond donors (Lipinski definition) is 1. The number of halogens is 1. The van der Waals surface area contributed by atoms with Crippen molar-refractivity contribution in [2.45, 2.75) is 26.3 Å². The summed E-state index contributed by atoms with van der Waals surface area (Å²) in [4.78, 5) is 0. The van der Waals surface area contributed by atoms with Gasteiger partial charge in [0, 0.05) is 4.47 Å². The molecule has 0 radical (unpaired) electrons. The second kappa shape index (κ2) is 4.23. The molecule has 0 spiro atoms. The van der Waals surface area contributed by atoms with Crippen LogP contribution < -0.4 is 5.73 Å². The molecule has 4 nitrogen and oxygen atoms in total. The Morgan fingerprint density at radius 3 is 2.53 bits per heavy atom. The standard InChI is InChI=1S/C12H15BrN4/c1-8-4-9(13)6-10(5-8)17-7-11(15-16-17)12(2,3)14/h4-7H,14H2,1-3H3. The minimum Gasteiger partial charge on any atom is -0.320 e. The molecular formula is C12H15BrN4. The molecule has 0 saturated carbocycles. The van der Waals surface area contributed by atoms with Crippen LogP contribution in [-0.4, -0.2) is 15.0 Å². The van der Waals surface area contributed by atoms with Crippen LogP contribution in [0.5, 0.6) is 0 Å². The summed E-state index contributed by atoms with van der Waals surface area (Å²) in [6.07, 6.45) is 1.86. The third-order valence-corrected chi connectivity index (χ3v) is 2.90. The van der Waals surface area contributed by atoms with Crippen molar-refractivity contribution in [3.8, 4) is 5.69 Å². The van der Waals surface area contributed by atoms with Gasteiger partial charge in [-0.25, -0.2) is 4.68 Å². The monoisotopic (exact) mass is 294 g/mol. The predicted molar refractivity (Wildman–Crippen MR) is 71.0 cm³/mol. The summed E-state index contributed by atoms with van der Waals surface area (Å²) >= 11 is 3.47. The molecule has 0 unspecified atom stereocenters. The Balaban J connectivity index is 2.44. The van der Waals surface area contributed by atoms with Crippen molar-refractivity contribution in [3.63, 3.8) is 0 Å². The highest BCUT2D eigenvalue weighted by Crippen LogP contribution is 2.19. The maximum absolute atomic E-state index is 5.98. The lowest BCUT2D eigenvalue weighted by Crippen LogP contribution is -2.29. The first-order valence-corrected chi connectivity index (χ1v) is 6.15. The molecule has 0 bridgehead atoms. The van der Waals surface area contributed by atoms with Crippen LogP contribution in [0.2, 0.25) is 0 Å². The Hall–Kier alpha value is -1.20. The molecule has 17 heavy (non-hydrogen) atoms. The highest BCUT2D eigenvalue weighted by atomic mass is 79.9. The highest BCUT2D eigenvalue weighted by Gasteiger charge is 2.18. The third kappa shape index (κ3) is 2.73. The summed E-state index contributed by atoms with van der Waals surface area (Å²) in [5, 5.41) is 8.20. The molecule has 0 atom stereocenters. The van der Waals surface area contributed by atoms with Gasteiger partial charge in [-0.3, -0.25) is 0 Å². The van der Waals surface area contributed by atoms with Crippen LogP contribution in [0.1, 0.15) is 25.1 Å². The van der Waals surface area contributed by atoms with Crippen LogP contribution in [0.3, 0.4) is 0 Å². The van der Waals surface area contributed by atoms with E-state index in [4.69, 9.17) is 5.73 Å². The lowest BCUT2D eigenvalue weighted by molar-refractivity contribution is 0.533. The molecule has 0 aliphatic heterocycles. The number of hydrogen-bond acceptors (Lipinski definition) is 3. The predicted octanol–water partition coefficient (Wildman–Crippen LogP) is 2.53. The van der Waals surface area contributed by atoms with Crippen LogP contribution >= 0.6 is 15.9 Å². The maximum atomic E-state index is 5.98.